The number of anilines is 1. The van der Waals surface area contributed by atoms with Crippen molar-refractivity contribution in [3.63, 3.8) is 0 Å². The summed E-state index contributed by atoms with van der Waals surface area (Å²) in [5.41, 5.74) is 5.11. The number of hydrogen-bond donors (Lipinski definition) is 3. The van der Waals surface area contributed by atoms with Crippen LogP contribution in [0, 0.1) is 0 Å². The van der Waals surface area contributed by atoms with Gasteiger partial charge in [-0.3, -0.25) is 24.6 Å². The number of nitrogens with zero attached hydrogens (tertiary/aromatic N) is 4. The van der Waals surface area contributed by atoms with Crippen LogP contribution in [0.4, 0.5) is 5.95 Å². The van der Waals surface area contributed by atoms with Crippen LogP contribution in [-0.4, -0.2) is 67.8 Å². The first kappa shape index (κ1) is 32.4. The van der Waals surface area contributed by atoms with Crippen molar-refractivity contribution in [3.05, 3.63) is 88.2 Å². The van der Waals surface area contributed by atoms with Gasteiger partial charge in [-0.25, -0.2) is 9.97 Å². The SMILES string of the molecule is CC(C)c1cnc(NC2CCC(c3ccc(CN4CCC(O)(c5ccc6c(c5)CN(C5CCC(=O)NC5=O)C6=O)CC4)cc3)CC2)nc1. The molecule has 10 nitrogen and oxygen atoms in total. The Morgan fingerprint density at radius 3 is 2.33 bits per heavy atom. The van der Waals surface area contributed by atoms with E-state index in [0.717, 1.165) is 68.0 Å². The van der Waals surface area contributed by atoms with E-state index in [1.54, 1.807) is 11.0 Å². The van der Waals surface area contributed by atoms with Gasteiger partial charge in [-0.1, -0.05) is 50.2 Å². The van der Waals surface area contributed by atoms with E-state index in [0.29, 0.717) is 49.2 Å². The Morgan fingerprint density at radius 1 is 0.958 bits per heavy atom. The Balaban J connectivity index is 0.890. The zero-order valence-electron chi connectivity index (χ0n) is 28.0. The molecule has 1 unspecified atom stereocenters. The van der Waals surface area contributed by atoms with Crippen LogP contribution in [0.2, 0.25) is 0 Å². The average Bonchev–Trinajstić information content (AvgIpc) is 3.42. The van der Waals surface area contributed by atoms with E-state index < -0.39 is 17.6 Å². The topological polar surface area (TPSA) is 128 Å². The van der Waals surface area contributed by atoms with Gasteiger partial charge in [-0.15, -0.1) is 0 Å². The molecule has 3 aromatic rings. The number of amides is 3. The second-order valence-electron chi connectivity index (χ2n) is 14.5. The third-order valence-corrected chi connectivity index (χ3v) is 11.0. The lowest BCUT2D eigenvalue weighted by Crippen LogP contribution is -2.52. The molecule has 1 atom stereocenters. The number of aliphatic hydroxyl groups is 1. The summed E-state index contributed by atoms with van der Waals surface area (Å²) in [6.07, 6.45) is 10.2. The molecule has 1 aromatic heterocycles. The molecule has 2 saturated heterocycles. The fourth-order valence-electron chi connectivity index (χ4n) is 7.85. The maximum absolute atomic E-state index is 13.1. The fraction of sp³-hybridized carbons (Fsp3) is 0.500. The predicted octanol–water partition coefficient (Wildman–Crippen LogP) is 4.98. The van der Waals surface area contributed by atoms with Crippen LogP contribution in [0.25, 0.3) is 0 Å². The Bertz CT molecular complexity index is 1660. The molecule has 2 aromatic carbocycles. The molecular formula is C38H46N6O4. The number of aromatic nitrogens is 2. The lowest BCUT2D eigenvalue weighted by molar-refractivity contribution is -0.136. The molecule has 0 radical (unpaired) electrons. The van der Waals surface area contributed by atoms with Crippen molar-refractivity contribution in [1.29, 1.82) is 0 Å². The largest absolute Gasteiger partial charge is 0.385 e. The number of hydrogen-bond acceptors (Lipinski definition) is 8. The highest BCUT2D eigenvalue weighted by atomic mass is 16.3. The molecule has 10 heteroatoms. The normalized spacial score (nSPS) is 24.5. The van der Waals surface area contributed by atoms with Crippen LogP contribution in [0.15, 0.2) is 54.9 Å². The van der Waals surface area contributed by atoms with Crippen molar-refractivity contribution in [3.8, 4) is 0 Å². The molecule has 48 heavy (non-hydrogen) atoms. The van der Waals surface area contributed by atoms with E-state index in [2.05, 4.69) is 63.6 Å². The minimum Gasteiger partial charge on any atom is -0.385 e. The summed E-state index contributed by atoms with van der Waals surface area (Å²) in [5.74, 6) is 0.831. The third-order valence-electron chi connectivity index (χ3n) is 11.0. The number of benzene rings is 2. The first-order chi connectivity index (χ1) is 23.1. The highest BCUT2D eigenvalue weighted by Crippen LogP contribution is 2.37. The summed E-state index contributed by atoms with van der Waals surface area (Å²) in [7, 11) is 0. The molecule has 1 aliphatic carbocycles. The zero-order valence-corrected chi connectivity index (χ0v) is 28.0. The second-order valence-corrected chi connectivity index (χ2v) is 14.5. The van der Waals surface area contributed by atoms with E-state index in [4.69, 9.17) is 0 Å². The number of imide groups is 1. The van der Waals surface area contributed by atoms with Gasteiger partial charge in [0.2, 0.25) is 17.8 Å². The predicted molar refractivity (Wildman–Crippen MR) is 182 cm³/mol. The lowest BCUT2D eigenvalue weighted by Gasteiger charge is -2.38. The molecule has 3 amide bonds. The van der Waals surface area contributed by atoms with Crippen LogP contribution >= 0.6 is 0 Å². The van der Waals surface area contributed by atoms with Gasteiger partial charge in [0, 0.05) is 56.6 Å². The number of piperidine rings is 2. The van der Waals surface area contributed by atoms with E-state index in [1.165, 1.54) is 11.1 Å². The molecule has 3 fully saturated rings. The molecule has 252 valence electrons. The molecule has 3 aliphatic heterocycles. The van der Waals surface area contributed by atoms with Gasteiger partial charge in [0.15, 0.2) is 0 Å². The molecule has 4 aliphatic rings. The number of carbonyl (C=O) groups is 3. The van der Waals surface area contributed by atoms with E-state index in [1.807, 2.05) is 24.5 Å². The summed E-state index contributed by atoms with van der Waals surface area (Å²) >= 11 is 0. The number of fused-ring (bicyclic) bond motifs is 1. The highest BCUT2D eigenvalue weighted by molar-refractivity contribution is 6.05. The van der Waals surface area contributed by atoms with Crippen LogP contribution < -0.4 is 10.6 Å². The van der Waals surface area contributed by atoms with Crippen LogP contribution in [0.3, 0.4) is 0 Å². The van der Waals surface area contributed by atoms with E-state index in [9.17, 15) is 19.5 Å². The molecule has 7 rings (SSSR count). The molecule has 3 N–H and O–H groups in total. The Hall–Kier alpha value is -4.15. The average molecular weight is 651 g/mol. The van der Waals surface area contributed by atoms with Crippen LogP contribution in [-0.2, 0) is 28.3 Å². The maximum Gasteiger partial charge on any atom is 0.255 e. The number of rotatable bonds is 8. The number of carbonyl (C=O) groups excluding carboxylic acids is 3. The van der Waals surface area contributed by atoms with Crippen molar-refractivity contribution in [2.75, 3.05) is 18.4 Å². The molecular weight excluding hydrogens is 604 g/mol. The monoisotopic (exact) mass is 650 g/mol. The molecule has 1 saturated carbocycles. The van der Waals surface area contributed by atoms with Crippen molar-refractivity contribution >= 4 is 23.7 Å². The summed E-state index contributed by atoms with van der Waals surface area (Å²) in [6.45, 7) is 7.02. The fourth-order valence-corrected chi connectivity index (χ4v) is 7.85. The lowest BCUT2D eigenvalue weighted by atomic mass is 9.81. The number of likely N-dealkylation sites (tertiary alicyclic amines) is 1. The van der Waals surface area contributed by atoms with Crippen molar-refractivity contribution in [2.24, 2.45) is 0 Å². The minimum atomic E-state index is -0.960. The summed E-state index contributed by atoms with van der Waals surface area (Å²) in [4.78, 5) is 50.1. The van der Waals surface area contributed by atoms with Gasteiger partial charge in [-0.2, -0.15) is 0 Å². The number of nitrogens with one attached hydrogen (secondary N) is 2. The van der Waals surface area contributed by atoms with Gasteiger partial charge in [-0.05, 0) is 90.7 Å². The van der Waals surface area contributed by atoms with Crippen molar-refractivity contribution in [2.45, 2.75) is 108 Å². The van der Waals surface area contributed by atoms with Crippen LogP contribution in [0.1, 0.15) is 115 Å². The molecule has 0 bridgehead atoms. The first-order valence-electron chi connectivity index (χ1n) is 17.6. The Morgan fingerprint density at radius 2 is 1.67 bits per heavy atom. The van der Waals surface area contributed by atoms with Gasteiger partial charge in [0.05, 0.1) is 5.60 Å². The van der Waals surface area contributed by atoms with Crippen LogP contribution in [0.5, 0.6) is 0 Å². The van der Waals surface area contributed by atoms with Crippen molar-refractivity contribution in [1.82, 2.24) is 25.1 Å². The first-order valence-corrected chi connectivity index (χ1v) is 17.6. The zero-order chi connectivity index (χ0) is 33.4. The summed E-state index contributed by atoms with van der Waals surface area (Å²) in [6, 6.07) is 14.5. The van der Waals surface area contributed by atoms with Gasteiger partial charge in [0.25, 0.3) is 5.91 Å². The maximum atomic E-state index is 13.1. The minimum absolute atomic E-state index is 0.193. The van der Waals surface area contributed by atoms with E-state index >= 15 is 0 Å². The van der Waals surface area contributed by atoms with Gasteiger partial charge >= 0.3 is 0 Å². The highest BCUT2D eigenvalue weighted by Gasteiger charge is 2.41. The molecule has 0 spiro atoms. The van der Waals surface area contributed by atoms with Gasteiger partial charge in [0.1, 0.15) is 6.04 Å². The van der Waals surface area contributed by atoms with Crippen molar-refractivity contribution < 1.29 is 19.5 Å². The Kier molecular flexibility index (Phi) is 9.04. The summed E-state index contributed by atoms with van der Waals surface area (Å²) < 4.78 is 0. The van der Waals surface area contributed by atoms with E-state index in [-0.39, 0.29) is 18.2 Å². The molecule has 4 heterocycles. The second kappa shape index (κ2) is 13.4. The quantitative estimate of drug-likeness (QED) is 0.292. The summed E-state index contributed by atoms with van der Waals surface area (Å²) in [5, 5.41) is 17.6. The standard InChI is InChI=1S/C38H46N6O4/c1-24(2)29-20-39-37(40-21-29)41-31-10-7-27(8-11-31)26-5-3-25(4-6-26)22-43-17-15-38(48,16-18-43)30-9-12-32-28(19-30)23-44(36(32)47)33-13-14-34(45)42-35(33)46/h3-6,9,12,19-21,24,27,31,33,48H,7-8,10-11,13-18,22-23H2,1-2H3,(H,39,40,41)(H,42,45,46). The van der Waals surface area contributed by atoms with Gasteiger partial charge < -0.3 is 15.3 Å². The Labute approximate surface area is 282 Å². The smallest absolute Gasteiger partial charge is 0.255 e. The third kappa shape index (κ3) is 6.73.